The number of nitrogen functional groups attached to an aromatic ring is 1. The molecule has 100 valence electrons. The summed E-state index contributed by atoms with van der Waals surface area (Å²) in [6.45, 7) is 2.21. The van der Waals surface area contributed by atoms with Gasteiger partial charge in [0.15, 0.2) is 0 Å². The molecule has 0 amide bonds. The van der Waals surface area contributed by atoms with Crippen LogP contribution in [0.3, 0.4) is 0 Å². The van der Waals surface area contributed by atoms with Crippen LogP contribution in [0.4, 0.5) is 5.69 Å². The van der Waals surface area contributed by atoms with Gasteiger partial charge in [0.25, 0.3) is 0 Å². The number of nitrogens with two attached hydrogens (primary N) is 1. The number of hydrogen-bond donors (Lipinski definition) is 2. The van der Waals surface area contributed by atoms with Crippen molar-refractivity contribution in [1.29, 1.82) is 0 Å². The molecule has 2 nitrogen and oxygen atoms in total. The van der Waals surface area contributed by atoms with Gasteiger partial charge in [-0.15, -0.1) is 0 Å². The summed E-state index contributed by atoms with van der Waals surface area (Å²) < 4.78 is 0. The Balaban J connectivity index is 2.23. The highest BCUT2D eigenvalue weighted by Crippen LogP contribution is 2.23. The van der Waals surface area contributed by atoms with Gasteiger partial charge in [0.1, 0.15) is 0 Å². The second-order valence-electron chi connectivity index (χ2n) is 4.88. The van der Waals surface area contributed by atoms with Crippen LogP contribution in [0.15, 0.2) is 48.5 Å². The molecular formula is C17H22N2. The molecule has 0 aliphatic rings. The van der Waals surface area contributed by atoms with E-state index in [0.717, 1.165) is 12.1 Å². The number of hydrogen-bond acceptors (Lipinski definition) is 2. The van der Waals surface area contributed by atoms with E-state index in [2.05, 4.69) is 48.6 Å². The Kier molecular flexibility index (Phi) is 4.58. The second kappa shape index (κ2) is 6.39. The Morgan fingerprint density at radius 2 is 1.47 bits per heavy atom. The topological polar surface area (TPSA) is 38.0 Å². The summed E-state index contributed by atoms with van der Waals surface area (Å²) in [4.78, 5) is 0. The molecule has 19 heavy (non-hydrogen) atoms. The maximum atomic E-state index is 5.74. The number of rotatable bonds is 5. The van der Waals surface area contributed by atoms with Gasteiger partial charge in [-0.05, 0) is 42.3 Å². The summed E-state index contributed by atoms with van der Waals surface area (Å²) in [5, 5.41) is 3.36. The lowest BCUT2D eigenvalue weighted by atomic mass is 9.97. The van der Waals surface area contributed by atoms with Crippen molar-refractivity contribution in [2.24, 2.45) is 0 Å². The SMILES string of the molecule is CCCc1ccc(C(NC)c2ccc(N)cc2)cc1. The zero-order chi connectivity index (χ0) is 13.7. The minimum atomic E-state index is 0.219. The van der Waals surface area contributed by atoms with Crippen LogP contribution < -0.4 is 11.1 Å². The predicted octanol–water partition coefficient (Wildman–Crippen LogP) is 3.53. The van der Waals surface area contributed by atoms with E-state index in [0.29, 0.717) is 0 Å². The van der Waals surface area contributed by atoms with Gasteiger partial charge in [-0.3, -0.25) is 0 Å². The molecule has 0 radical (unpaired) electrons. The van der Waals surface area contributed by atoms with E-state index < -0.39 is 0 Å². The van der Waals surface area contributed by atoms with Crippen molar-refractivity contribution in [2.45, 2.75) is 25.8 Å². The third kappa shape index (κ3) is 3.36. The van der Waals surface area contributed by atoms with Crippen molar-refractivity contribution in [2.75, 3.05) is 12.8 Å². The van der Waals surface area contributed by atoms with E-state index in [4.69, 9.17) is 5.73 Å². The summed E-state index contributed by atoms with van der Waals surface area (Å²) in [6, 6.07) is 17.1. The lowest BCUT2D eigenvalue weighted by molar-refractivity contribution is 0.691. The molecular weight excluding hydrogens is 232 g/mol. The molecule has 2 rings (SSSR count). The van der Waals surface area contributed by atoms with Crippen LogP contribution in [0.2, 0.25) is 0 Å². The Labute approximate surface area is 115 Å². The fraction of sp³-hybridized carbons (Fsp3) is 0.294. The molecule has 1 atom stereocenters. The Morgan fingerprint density at radius 3 is 1.95 bits per heavy atom. The molecule has 0 aromatic heterocycles. The van der Waals surface area contributed by atoms with Crippen LogP contribution in [-0.2, 0) is 6.42 Å². The molecule has 2 heteroatoms. The van der Waals surface area contributed by atoms with Gasteiger partial charge in [0.2, 0.25) is 0 Å². The number of benzene rings is 2. The third-order valence-corrected chi connectivity index (χ3v) is 3.41. The first-order chi connectivity index (χ1) is 9.24. The Morgan fingerprint density at radius 1 is 0.947 bits per heavy atom. The van der Waals surface area contributed by atoms with Crippen LogP contribution in [0, 0.1) is 0 Å². The van der Waals surface area contributed by atoms with Gasteiger partial charge in [-0.25, -0.2) is 0 Å². The van der Waals surface area contributed by atoms with Crippen molar-refractivity contribution in [1.82, 2.24) is 5.32 Å². The molecule has 2 aromatic carbocycles. The van der Waals surface area contributed by atoms with Crippen LogP contribution in [0.25, 0.3) is 0 Å². The van der Waals surface area contributed by atoms with Crippen LogP contribution in [0.5, 0.6) is 0 Å². The minimum Gasteiger partial charge on any atom is -0.399 e. The van der Waals surface area contributed by atoms with Gasteiger partial charge >= 0.3 is 0 Å². The molecule has 0 spiro atoms. The first-order valence-corrected chi connectivity index (χ1v) is 6.86. The van der Waals surface area contributed by atoms with Gasteiger partial charge in [-0.2, -0.15) is 0 Å². The van der Waals surface area contributed by atoms with Gasteiger partial charge < -0.3 is 11.1 Å². The van der Waals surface area contributed by atoms with Crippen molar-refractivity contribution >= 4 is 5.69 Å². The second-order valence-corrected chi connectivity index (χ2v) is 4.88. The van der Waals surface area contributed by atoms with Crippen molar-refractivity contribution in [3.63, 3.8) is 0 Å². The highest BCUT2D eigenvalue weighted by atomic mass is 14.9. The van der Waals surface area contributed by atoms with E-state index in [9.17, 15) is 0 Å². The molecule has 1 unspecified atom stereocenters. The molecule has 2 aromatic rings. The largest absolute Gasteiger partial charge is 0.399 e. The van der Waals surface area contributed by atoms with Gasteiger partial charge in [0.05, 0.1) is 6.04 Å². The summed E-state index contributed by atoms with van der Waals surface area (Å²) >= 11 is 0. The number of anilines is 1. The Hall–Kier alpha value is -1.80. The van der Waals surface area contributed by atoms with Gasteiger partial charge in [0, 0.05) is 5.69 Å². The maximum absolute atomic E-state index is 5.74. The molecule has 0 aliphatic carbocycles. The quantitative estimate of drug-likeness (QED) is 0.801. The van der Waals surface area contributed by atoms with E-state index >= 15 is 0 Å². The van der Waals surface area contributed by atoms with E-state index in [1.165, 1.54) is 23.1 Å². The molecule has 0 saturated carbocycles. The monoisotopic (exact) mass is 254 g/mol. The summed E-state index contributed by atoms with van der Waals surface area (Å²) in [5.74, 6) is 0. The van der Waals surface area contributed by atoms with Crippen LogP contribution in [0.1, 0.15) is 36.1 Å². The smallest absolute Gasteiger partial charge is 0.0574 e. The lowest BCUT2D eigenvalue weighted by Gasteiger charge is -2.18. The number of nitrogens with one attached hydrogen (secondary N) is 1. The van der Waals surface area contributed by atoms with Crippen molar-refractivity contribution < 1.29 is 0 Å². The third-order valence-electron chi connectivity index (χ3n) is 3.41. The average molecular weight is 254 g/mol. The molecule has 0 fully saturated rings. The minimum absolute atomic E-state index is 0.219. The van der Waals surface area contributed by atoms with E-state index in [-0.39, 0.29) is 6.04 Å². The number of aryl methyl sites for hydroxylation is 1. The molecule has 0 bridgehead atoms. The summed E-state index contributed by atoms with van der Waals surface area (Å²) in [7, 11) is 1.99. The molecule has 0 saturated heterocycles. The first-order valence-electron chi connectivity index (χ1n) is 6.86. The fourth-order valence-electron chi connectivity index (χ4n) is 2.38. The zero-order valence-corrected chi connectivity index (χ0v) is 11.7. The van der Waals surface area contributed by atoms with Crippen molar-refractivity contribution in [3.8, 4) is 0 Å². The van der Waals surface area contributed by atoms with Gasteiger partial charge in [-0.1, -0.05) is 49.7 Å². The van der Waals surface area contributed by atoms with Crippen LogP contribution >= 0.6 is 0 Å². The molecule has 0 heterocycles. The van der Waals surface area contributed by atoms with Crippen LogP contribution in [-0.4, -0.2) is 7.05 Å². The summed E-state index contributed by atoms with van der Waals surface area (Å²) in [6.07, 6.45) is 2.33. The lowest BCUT2D eigenvalue weighted by Crippen LogP contribution is -2.17. The summed E-state index contributed by atoms with van der Waals surface area (Å²) in [5.41, 5.74) is 10.5. The average Bonchev–Trinajstić information content (AvgIpc) is 2.44. The first kappa shape index (κ1) is 13.6. The highest BCUT2D eigenvalue weighted by molar-refractivity contribution is 5.42. The van der Waals surface area contributed by atoms with E-state index in [1.54, 1.807) is 0 Å². The predicted molar refractivity (Wildman–Crippen MR) is 82.2 cm³/mol. The Bertz CT molecular complexity index is 500. The molecule has 0 aliphatic heterocycles. The molecule has 3 N–H and O–H groups in total. The highest BCUT2D eigenvalue weighted by Gasteiger charge is 2.11. The van der Waals surface area contributed by atoms with E-state index in [1.807, 2.05) is 19.2 Å². The van der Waals surface area contributed by atoms with Crippen molar-refractivity contribution in [3.05, 3.63) is 65.2 Å². The zero-order valence-electron chi connectivity index (χ0n) is 11.7. The fourth-order valence-corrected chi connectivity index (χ4v) is 2.38. The normalized spacial score (nSPS) is 12.3. The maximum Gasteiger partial charge on any atom is 0.0574 e. The standard InChI is InChI=1S/C17H22N2/c1-3-4-13-5-7-14(8-6-13)17(19-2)15-9-11-16(18)12-10-15/h5-12,17,19H,3-4,18H2,1-2H3.